The van der Waals surface area contributed by atoms with E-state index in [1.165, 1.54) is 7.11 Å². The van der Waals surface area contributed by atoms with Crippen LogP contribution in [0.4, 0.5) is 0 Å². The predicted molar refractivity (Wildman–Crippen MR) is 91.0 cm³/mol. The average molecular weight is 342 g/mol. The summed E-state index contributed by atoms with van der Waals surface area (Å²) in [6.45, 7) is 2.02. The third-order valence-electron chi connectivity index (χ3n) is 3.31. The zero-order valence-electron chi connectivity index (χ0n) is 13.9. The maximum Gasteiger partial charge on any atom is 0.339 e. The molecule has 25 heavy (non-hydrogen) atoms. The molecule has 0 aliphatic heterocycles. The molecule has 0 saturated heterocycles. The van der Waals surface area contributed by atoms with Crippen molar-refractivity contribution < 1.29 is 29.6 Å². The van der Waals surface area contributed by atoms with Gasteiger partial charge in [0, 0.05) is 5.56 Å². The number of hydrogen-bond acceptors (Lipinski definition) is 6. The van der Waals surface area contributed by atoms with Gasteiger partial charge in [-0.25, -0.2) is 4.79 Å². The van der Waals surface area contributed by atoms with E-state index in [0.717, 1.165) is 6.07 Å². The largest absolute Gasteiger partial charge is 0.504 e. The quantitative estimate of drug-likeness (QED) is 0.449. The second-order valence-electron chi connectivity index (χ2n) is 5.13. The molecule has 0 heterocycles. The van der Waals surface area contributed by atoms with Crippen molar-refractivity contribution in [2.45, 2.75) is 13.3 Å². The number of phenols is 3. The molecule has 0 bridgehead atoms. The molecule has 2 aromatic rings. The Balaban J connectivity index is 2.50. The van der Waals surface area contributed by atoms with Crippen LogP contribution >= 0.6 is 0 Å². The van der Waals surface area contributed by atoms with Gasteiger partial charge in [-0.05, 0) is 30.7 Å². The van der Waals surface area contributed by atoms with Crippen LogP contribution in [0, 0.1) is 11.8 Å². The van der Waals surface area contributed by atoms with Gasteiger partial charge in [0.2, 0.25) is 5.75 Å². The minimum atomic E-state index is -0.748. The molecular formula is C19H18O6. The van der Waals surface area contributed by atoms with E-state index in [4.69, 9.17) is 9.47 Å². The van der Waals surface area contributed by atoms with Gasteiger partial charge < -0.3 is 24.8 Å². The molecule has 0 unspecified atom stereocenters. The molecule has 0 spiro atoms. The SMILES string of the molecule is CCCOC(=O)c1cc(O)c(O)c(O)c1C#Cc1cccc(OC)c1. The van der Waals surface area contributed by atoms with Gasteiger partial charge in [-0.3, -0.25) is 0 Å². The van der Waals surface area contributed by atoms with Gasteiger partial charge in [0.25, 0.3) is 0 Å². The van der Waals surface area contributed by atoms with Crippen LogP contribution in [-0.2, 0) is 4.74 Å². The highest BCUT2D eigenvalue weighted by atomic mass is 16.5. The van der Waals surface area contributed by atoms with E-state index in [2.05, 4.69) is 11.8 Å². The van der Waals surface area contributed by atoms with E-state index in [1.54, 1.807) is 24.3 Å². The highest BCUT2D eigenvalue weighted by molar-refractivity contribution is 5.95. The lowest BCUT2D eigenvalue weighted by Gasteiger charge is -2.09. The van der Waals surface area contributed by atoms with Crippen LogP contribution in [-0.4, -0.2) is 35.0 Å². The lowest BCUT2D eigenvalue weighted by molar-refractivity contribution is 0.0503. The molecule has 2 aromatic carbocycles. The molecule has 0 radical (unpaired) electrons. The van der Waals surface area contributed by atoms with Crippen LogP contribution in [0.5, 0.6) is 23.0 Å². The van der Waals surface area contributed by atoms with Crippen LogP contribution in [0.1, 0.15) is 34.8 Å². The standard InChI is InChI=1S/C19H18O6/c1-3-9-25-19(23)15-11-16(20)18(22)17(21)14(15)8-7-12-5-4-6-13(10-12)24-2/h4-6,10-11,20-22H,3,9H2,1-2H3. The molecule has 6 heteroatoms. The summed E-state index contributed by atoms with van der Waals surface area (Å²) >= 11 is 0. The Bertz CT molecular complexity index is 845. The summed E-state index contributed by atoms with van der Waals surface area (Å²) < 4.78 is 10.1. The lowest BCUT2D eigenvalue weighted by atomic mass is 10.0. The number of ether oxygens (including phenoxy) is 2. The molecule has 130 valence electrons. The van der Waals surface area contributed by atoms with E-state index in [0.29, 0.717) is 17.7 Å². The summed E-state index contributed by atoms with van der Waals surface area (Å²) in [5.41, 5.74) is 0.329. The number of carbonyl (C=O) groups is 1. The number of hydrogen-bond donors (Lipinski definition) is 3. The van der Waals surface area contributed by atoms with Gasteiger partial charge in [-0.2, -0.15) is 0 Å². The Kier molecular flexibility index (Phi) is 5.75. The minimum absolute atomic E-state index is 0.126. The third kappa shape index (κ3) is 4.15. The zero-order valence-corrected chi connectivity index (χ0v) is 13.9. The number of aromatic hydroxyl groups is 3. The molecular weight excluding hydrogens is 324 g/mol. The van der Waals surface area contributed by atoms with Crippen molar-refractivity contribution in [3.8, 4) is 34.8 Å². The minimum Gasteiger partial charge on any atom is -0.504 e. The Hall–Kier alpha value is -3.33. The highest BCUT2D eigenvalue weighted by Crippen LogP contribution is 2.39. The molecule has 0 aromatic heterocycles. The van der Waals surface area contributed by atoms with Gasteiger partial charge in [0.05, 0.1) is 24.8 Å². The molecule has 0 aliphatic carbocycles. The number of esters is 1. The van der Waals surface area contributed by atoms with Gasteiger partial charge in [-0.1, -0.05) is 24.8 Å². The normalized spacial score (nSPS) is 9.84. The molecule has 0 aliphatic rings. The average Bonchev–Trinajstić information content (AvgIpc) is 2.63. The number of rotatable bonds is 4. The summed E-state index contributed by atoms with van der Waals surface area (Å²) in [6, 6.07) is 7.92. The second kappa shape index (κ2) is 7.97. The van der Waals surface area contributed by atoms with E-state index in [1.807, 2.05) is 6.92 Å². The summed E-state index contributed by atoms with van der Waals surface area (Å²) in [7, 11) is 1.53. The molecule has 3 N–H and O–H groups in total. The van der Waals surface area contributed by atoms with E-state index in [9.17, 15) is 20.1 Å². The number of methoxy groups -OCH3 is 1. The van der Waals surface area contributed by atoms with Crippen molar-refractivity contribution in [1.29, 1.82) is 0 Å². The van der Waals surface area contributed by atoms with Crippen LogP contribution in [0.15, 0.2) is 30.3 Å². The first kappa shape index (κ1) is 18.0. The summed E-state index contributed by atoms with van der Waals surface area (Å²) in [5.74, 6) is 3.23. The van der Waals surface area contributed by atoms with Crippen molar-refractivity contribution in [3.05, 3.63) is 47.0 Å². The molecule has 0 fully saturated rings. The van der Waals surface area contributed by atoms with Crippen LogP contribution in [0.3, 0.4) is 0 Å². The number of phenolic OH excluding ortho intramolecular Hbond substituents is 3. The highest BCUT2D eigenvalue weighted by Gasteiger charge is 2.21. The second-order valence-corrected chi connectivity index (χ2v) is 5.13. The van der Waals surface area contributed by atoms with Crippen molar-refractivity contribution >= 4 is 5.97 Å². The Morgan fingerprint density at radius 2 is 1.88 bits per heavy atom. The van der Waals surface area contributed by atoms with E-state index >= 15 is 0 Å². The van der Waals surface area contributed by atoms with Crippen molar-refractivity contribution in [3.63, 3.8) is 0 Å². The summed E-state index contributed by atoms with van der Waals surface area (Å²) in [5, 5.41) is 29.4. The first-order chi connectivity index (χ1) is 12.0. The van der Waals surface area contributed by atoms with Crippen molar-refractivity contribution in [1.82, 2.24) is 0 Å². The first-order valence-electron chi connectivity index (χ1n) is 7.59. The fourth-order valence-electron chi connectivity index (χ4n) is 2.04. The molecule has 0 amide bonds. The number of benzene rings is 2. The topological polar surface area (TPSA) is 96.2 Å². The zero-order chi connectivity index (χ0) is 18.4. The Labute approximate surface area is 145 Å². The van der Waals surface area contributed by atoms with Crippen molar-refractivity contribution in [2.24, 2.45) is 0 Å². The molecule has 0 atom stereocenters. The third-order valence-corrected chi connectivity index (χ3v) is 3.31. The monoisotopic (exact) mass is 342 g/mol. The maximum atomic E-state index is 12.1. The number of carbonyl (C=O) groups excluding carboxylic acids is 1. The fraction of sp³-hybridized carbons (Fsp3) is 0.211. The summed E-state index contributed by atoms with van der Waals surface area (Å²) in [6.07, 6.45) is 0.618. The lowest BCUT2D eigenvalue weighted by Crippen LogP contribution is -2.08. The Morgan fingerprint density at radius 1 is 1.12 bits per heavy atom. The molecule has 0 saturated carbocycles. The van der Waals surface area contributed by atoms with Crippen LogP contribution in [0.25, 0.3) is 0 Å². The van der Waals surface area contributed by atoms with Crippen LogP contribution in [0.2, 0.25) is 0 Å². The first-order valence-corrected chi connectivity index (χ1v) is 7.59. The predicted octanol–water partition coefficient (Wildman–Crippen LogP) is 2.78. The Morgan fingerprint density at radius 3 is 2.56 bits per heavy atom. The summed E-state index contributed by atoms with van der Waals surface area (Å²) in [4.78, 5) is 12.1. The molecule has 2 rings (SSSR count). The van der Waals surface area contributed by atoms with Crippen LogP contribution < -0.4 is 4.74 Å². The fourth-order valence-corrected chi connectivity index (χ4v) is 2.04. The van der Waals surface area contributed by atoms with Crippen molar-refractivity contribution in [2.75, 3.05) is 13.7 Å². The van der Waals surface area contributed by atoms with E-state index < -0.39 is 23.2 Å². The maximum absolute atomic E-state index is 12.1. The molecule has 6 nitrogen and oxygen atoms in total. The smallest absolute Gasteiger partial charge is 0.339 e. The van der Waals surface area contributed by atoms with Gasteiger partial charge in [0.1, 0.15) is 5.75 Å². The van der Waals surface area contributed by atoms with Gasteiger partial charge in [0.15, 0.2) is 11.5 Å². The van der Waals surface area contributed by atoms with E-state index in [-0.39, 0.29) is 17.7 Å². The van der Waals surface area contributed by atoms with Gasteiger partial charge >= 0.3 is 5.97 Å². The van der Waals surface area contributed by atoms with Gasteiger partial charge in [-0.15, -0.1) is 0 Å².